The summed E-state index contributed by atoms with van der Waals surface area (Å²) in [6.07, 6.45) is 1.64. The summed E-state index contributed by atoms with van der Waals surface area (Å²) in [7, 11) is 1.92. The molecular formula is C16H20N4O. The largest absolute Gasteiger partial charge is 0.388 e. The molecule has 1 aromatic carbocycles. The van der Waals surface area contributed by atoms with Crippen LogP contribution in [0.15, 0.2) is 30.6 Å². The molecule has 0 aliphatic carbocycles. The maximum atomic E-state index is 5.39. The summed E-state index contributed by atoms with van der Waals surface area (Å²) in [6.45, 7) is 5.38. The lowest BCUT2D eigenvalue weighted by atomic mass is 10.0. The van der Waals surface area contributed by atoms with Crippen molar-refractivity contribution >= 4 is 11.5 Å². The Labute approximate surface area is 125 Å². The molecule has 1 aromatic heterocycles. The van der Waals surface area contributed by atoms with E-state index in [4.69, 9.17) is 4.74 Å². The molecule has 2 heterocycles. The van der Waals surface area contributed by atoms with E-state index in [9.17, 15) is 0 Å². The summed E-state index contributed by atoms with van der Waals surface area (Å²) in [6, 6.07) is 8.37. The van der Waals surface area contributed by atoms with E-state index in [0.717, 1.165) is 49.1 Å². The van der Waals surface area contributed by atoms with Crippen molar-refractivity contribution < 1.29 is 4.74 Å². The molecule has 21 heavy (non-hydrogen) atoms. The number of rotatable bonds is 3. The Morgan fingerprint density at radius 2 is 1.95 bits per heavy atom. The van der Waals surface area contributed by atoms with Gasteiger partial charge in [-0.2, -0.15) is 0 Å². The summed E-state index contributed by atoms with van der Waals surface area (Å²) >= 11 is 0. The summed E-state index contributed by atoms with van der Waals surface area (Å²) in [5.74, 6) is 0.970. The molecule has 0 unspecified atom stereocenters. The minimum atomic E-state index is 0.758. The van der Waals surface area contributed by atoms with Crippen molar-refractivity contribution in [2.45, 2.75) is 6.92 Å². The van der Waals surface area contributed by atoms with E-state index in [2.05, 4.69) is 51.4 Å². The van der Waals surface area contributed by atoms with E-state index in [1.165, 1.54) is 5.56 Å². The zero-order valence-electron chi connectivity index (χ0n) is 12.5. The molecule has 2 aromatic rings. The van der Waals surface area contributed by atoms with Gasteiger partial charge in [0.15, 0.2) is 0 Å². The first-order chi connectivity index (χ1) is 10.3. The first-order valence-electron chi connectivity index (χ1n) is 7.21. The highest BCUT2D eigenvalue weighted by Crippen LogP contribution is 2.27. The van der Waals surface area contributed by atoms with Gasteiger partial charge in [-0.3, -0.25) is 0 Å². The molecule has 3 rings (SSSR count). The molecule has 5 heteroatoms. The first-order valence-corrected chi connectivity index (χ1v) is 7.21. The molecule has 1 aliphatic rings. The normalized spacial score (nSPS) is 15.0. The second kappa shape index (κ2) is 6.10. The van der Waals surface area contributed by atoms with Gasteiger partial charge < -0.3 is 15.0 Å². The molecule has 0 bridgehead atoms. The Bertz CT molecular complexity index is 623. The van der Waals surface area contributed by atoms with Gasteiger partial charge >= 0.3 is 0 Å². The minimum Gasteiger partial charge on any atom is -0.388 e. The van der Waals surface area contributed by atoms with Crippen LogP contribution in [-0.2, 0) is 4.74 Å². The third-order valence-electron chi connectivity index (χ3n) is 3.79. The average molecular weight is 284 g/mol. The first kappa shape index (κ1) is 13.8. The van der Waals surface area contributed by atoms with Crippen LogP contribution in [-0.4, -0.2) is 43.3 Å². The number of hydrogen-bond donors (Lipinski definition) is 1. The van der Waals surface area contributed by atoms with Gasteiger partial charge in [-0.1, -0.05) is 6.07 Å². The number of nitrogens with one attached hydrogen (secondary N) is 1. The van der Waals surface area contributed by atoms with Gasteiger partial charge in [-0.05, 0) is 24.6 Å². The molecule has 0 saturated carbocycles. The molecule has 0 radical (unpaired) electrons. The summed E-state index contributed by atoms with van der Waals surface area (Å²) < 4.78 is 5.39. The smallest absolute Gasteiger partial charge is 0.132 e. The second-order valence-corrected chi connectivity index (χ2v) is 5.14. The monoisotopic (exact) mass is 284 g/mol. The van der Waals surface area contributed by atoms with Crippen molar-refractivity contribution in [3.05, 3.63) is 36.2 Å². The topological polar surface area (TPSA) is 50.3 Å². The highest BCUT2D eigenvalue weighted by Gasteiger charge is 2.14. The number of aryl methyl sites for hydroxylation is 1. The minimum absolute atomic E-state index is 0.758. The number of benzene rings is 1. The Balaban J connectivity index is 1.95. The predicted molar refractivity (Wildman–Crippen MR) is 84.8 cm³/mol. The van der Waals surface area contributed by atoms with Crippen molar-refractivity contribution in [2.24, 2.45) is 0 Å². The van der Waals surface area contributed by atoms with Crippen LogP contribution in [0.5, 0.6) is 0 Å². The highest BCUT2D eigenvalue weighted by molar-refractivity contribution is 5.70. The zero-order chi connectivity index (χ0) is 14.7. The zero-order valence-corrected chi connectivity index (χ0v) is 12.5. The molecule has 110 valence electrons. The highest BCUT2D eigenvalue weighted by atomic mass is 16.5. The standard InChI is InChI=1S/C16H20N4O/c1-12-3-4-13(17-2)9-14(12)15-10-16(19-11-18-15)20-5-7-21-8-6-20/h3-4,9-11,17H,5-8H2,1-2H3. The van der Waals surface area contributed by atoms with Crippen LogP contribution in [0.1, 0.15) is 5.56 Å². The van der Waals surface area contributed by atoms with E-state index in [0.29, 0.717) is 0 Å². The van der Waals surface area contributed by atoms with Gasteiger partial charge in [-0.15, -0.1) is 0 Å². The van der Waals surface area contributed by atoms with Crippen LogP contribution in [0.2, 0.25) is 0 Å². The fraction of sp³-hybridized carbons (Fsp3) is 0.375. The van der Waals surface area contributed by atoms with E-state index in [1.54, 1.807) is 6.33 Å². The van der Waals surface area contributed by atoms with Crippen molar-refractivity contribution in [2.75, 3.05) is 43.6 Å². The van der Waals surface area contributed by atoms with Crippen LogP contribution in [0.4, 0.5) is 11.5 Å². The van der Waals surface area contributed by atoms with Gasteiger partial charge in [0.2, 0.25) is 0 Å². The number of hydrogen-bond acceptors (Lipinski definition) is 5. The van der Waals surface area contributed by atoms with E-state index in [1.807, 2.05) is 7.05 Å². The van der Waals surface area contributed by atoms with Gasteiger partial charge in [0.1, 0.15) is 12.1 Å². The van der Waals surface area contributed by atoms with Gasteiger partial charge in [0, 0.05) is 37.5 Å². The average Bonchev–Trinajstić information content (AvgIpc) is 2.56. The Kier molecular flexibility index (Phi) is 4.01. The maximum Gasteiger partial charge on any atom is 0.132 e. The molecule has 1 aliphatic heterocycles. The molecule has 0 spiro atoms. The second-order valence-electron chi connectivity index (χ2n) is 5.14. The van der Waals surface area contributed by atoms with Crippen LogP contribution >= 0.6 is 0 Å². The molecular weight excluding hydrogens is 264 g/mol. The van der Waals surface area contributed by atoms with E-state index >= 15 is 0 Å². The number of anilines is 2. The van der Waals surface area contributed by atoms with Crippen molar-refractivity contribution in [1.29, 1.82) is 0 Å². The maximum absolute atomic E-state index is 5.39. The molecule has 5 nitrogen and oxygen atoms in total. The summed E-state index contributed by atoms with van der Waals surface area (Å²) in [4.78, 5) is 11.1. The van der Waals surface area contributed by atoms with Gasteiger partial charge in [-0.25, -0.2) is 9.97 Å². The van der Waals surface area contributed by atoms with Crippen LogP contribution in [0.3, 0.4) is 0 Å². The number of morpholine rings is 1. The Morgan fingerprint density at radius 3 is 2.71 bits per heavy atom. The lowest BCUT2D eigenvalue weighted by Gasteiger charge is -2.27. The van der Waals surface area contributed by atoms with E-state index in [-0.39, 0.29) is 0 Å². The van der Waals surface area contributed by atoms with Gasteiger partial charge in [0.05, 0.1) is 18.9 Å². The quantitative estimate of drug-likeness (QED) is 0.937. The molecule has 0 amide bonds. The third kappa shape index (κ3) is 2.97. The van der Waals surface area contributed by atoms with Crippen LogP contribution in [0, 0.1) is 6.92 Å². The molecule has 0 atom stereocenters. The van der Waals surface area contributed by atoms with Crippen molar-refractivity contribution in [3.63, 3.8) is 0 Å². The number of ether oxygens (including phenoxy) is 1. The molecule has 1 saturated heterocycles. The van der Waals surface area contributed by atoms with Crippen molar-refractivity contribution in [3.8, 4) is 11.3 Å². The Hall–Kier alpha value is -2.14. The SMILES string of the molecule is CNc1ccc(C)c(-c2cc(N3CCOCC3)ncn2)c1. The van der Waals surface area contributed by atoms with E-state index < -0.39 is 0 Å². The lowest BCUT2D eigenvalue weighted by molar-refractivity contribution is 0.122. The molecule has 1 N–H and O–H groups in total. The fourth-order valence-electron chi connectivity index (χ4n) is 2.51. The number of nitrogens with zero attached hydrogens (tertiary/aromatic N) is 3. The van der Waals surface area contributed by atoms with Crippen LogP contribution in [0.25, 0.3) is 11.3 Å². The predicted octanol–water partition coefficient (Wildman–Crippen LogP) is 2.33. The van der Waals surface area contributed by atoms with Crippen LogP contribution < -0.4 is 10.2 Å². The lowest BCUT2D eigenvalue weighted by Crippen LogP contribution is -2.36. The third-order valence-corrected chi connectivity index (χ3v) is 3.79. The van der Waals surface area contributed by atoms with Gasteiger partial charge in [0.25, 0.3) is 0 Å². The summed E-state index contributed by atoms with van der Waals surface area (Å²) in [5, 5.41) is 3.17. The summed E-state index contributed by atoms with van der Waals surface area (Å²) in [5.41, 5.74) is 4.39. The number of aromatic nitrogens is 2. The fourth-order valence-corrected chi connectivity index (χ4v) is 2.51. The Morgan fingerprint density at radius 1 is 1.14 bits per heavy atom. The van der Waals surface area contributed by atoms with Crippen molar-refractivity contribution in [1.82, 2.24) is 9.97 Å². The molecule has 1 fully saturated rings.